The van der Waals surface area contributed by atoms with Gasteiger partial charge in [0.25, 0.3) is 0 Å². The van der Waals surface area contributed by atoms with Gasteiger partial charge in [0.2, 0.25) is 5.91 Å². The zero-order chi connectivity index (χ0) is 17.6. The van der Waals surface area contributed by atoms with Gasteiger partial charge in [-0.25, -0.2) is 8.42 Å². The van der Waals surface area contributed by atoms with Crippen LogP contribution in [0.1, 0.15) is 25.3 Å². The van der Waals surface area contributed by atoms with E-state index in [1.165, 1.54) is 0 Å². The Morgan fingerprint density at radius 1 is 1.29 bits per heavy atom. The summed E-state index contributed by atoms with van der Waals surface area (Å²) in [4.78, 5) is 12.6. The first-order valence-corrected chi connectivity index (χ1v) is 10.2. The van der Waals surface area contributed by atoms with E-state index < -0.39 is 14.6 Å². The highest BCUT2D eigenvalue weighted by Crippen LogP contribution is 2.28. The Balaban J connectivity index is 2.02. The third-order valence-corrected chi connectivity index (χ3v) is 6.50. The van der Waals surface area contributed by atoms with E-state index in [1.54, 1.807) is 0 Å². The van der Waals surface area contributed by atoms with Crippen LogP contribution in [0.15, 0.2) is 24.3 Å². The van der Waals surface area contributed by atoms with Crippen molar-refractivity contribution in [2.75, 3.05) is 32.5 Å². The second kappa shape index (κ2) is 7.98. The second-order valence-corrected chi connectivity index (χ2v) is 8.39. The summed E-state index contributed by atoms with van der Waals surface area (Å²) in [6, 6.07) is 7.67. The fourth-order valence-electron chi connectivity index (χ4n) is 3.08. The number of hydrogen-bond acceptors (Lipinski definition) is 5. The molecule has 2 rings (SSSR count). The van der Waals surface area contributed by atoms with Crippen molar-refractivity contribution < 1.29 is 17.9 Å². The molecule has 0 bridgehead atoms. The van der Waals surface area contributed by atoms with Crippen LogP contribution >= 0.6 is 0 Å². The topological polar surface area (TPSA) is 84.5 Å². The summed E-state index contributed by atoms with van der Waals surface area (Å²) >= 11 is 0. The summed E-state index contributed by atoms with van der Waals surface area (Å²) in [6.45, 7) is 3.95. The normalized spacial score (nSPS) is 17.2. The SMILES string of the molecule is CCOc1ccccc1CCNC(=O)C1(S(C)(=O)=O)CCNCC1. The average molecular weight is 354 g/mol. The van der Waals surface area contributed by atoms with Gasteiger partial charge in [-0.3, -0.25) is 4.79 Å². The lowest BCUT2D eigenvalue weighted by Gasteiger charge is -2.34. The minimum atomic E-state index is -3.48. The van der Waals surface area contributed by atoms with Gasteiger partial charge in [-0.1, -0.05) is 18.2 Å². The van der Waals surface area contributed by atoms with Crippen molar-refractivity contribution in [3.8, 4) is 5.75 Å². The van der Waals surface area contributed by atoms with Gasteiger partial charge in [-0.05, 0) is 50.9 Å². The quantitative estimate of drug-likeness (QED) is 0.760. The van der Waals surface area contributed by atoms with Crippen molar-refractivity contribution in [1.82, 2.24) is 10.6 Å². The van der Waals surface area contributed by atoms with E-state index >= 15 is 0 Å². The summed E-state index contributed by atoms with van der Waals surface area (Å²) in [5.41, 5.74) is 0.998. The number of carbonyl (C=O) groups is 1. The maximum absolute atomic E-state index is 12.6. The summed E-state index contributed by atoms with van der Waals surface area (Å²) in [5.74, 6) is 0.411. The number of sulfone groups is 1. The molecule has 1 heterocycles. The Labute approximate surface area is 143 Å². The van der Waals surface area contributed by atoms with Crippen LogP contribution in [-0.4, -0.2) is 51.6 Å². The predicted octanol–water partition coefficient (Wildman–Crippen LogP) is 0.911. The number of ether oxygens (including phenoxy) is 1. The molecule has 0 atom stereocenters. The van der Waals surface area contributed by atoms with E-state index in [2.05, 4.69) is 10.6 Å². The van der Waals surface area contributed by atoms with Gasteiger partial charge in [0.05, 0.1) is 6.61 Å². The number of rotatable bonds is 7. The fourth-order valence-corrected chi connectivity index (χ4v) is 4.43. The molecule has 1 aromatic carbocycles. The van der Waals surface area contributed by atoms with Crippen LogP contribution in [-0.2, 0) is 21.1 Å². The molecule has 0 radical (unpaired) electrons. The second-order valence-electron chi connectivity index (χ2n) is 6.06. The molecule has 7 heteroatoms. The molecular weight excluding hydrogens is 328 g/mol. The van der Waals surface area contributed by atoms with Gasteiger partial charge in [-0.15, -0.1) is 0 Å². The van der Waals surface area contributed by atoms with Crippen LogP contribution < -0.4 is 15.4 Å². The molecule has 1 fully saturated rings. The molecule has 24 heavy (non-hydrogen) atoms. The minimum Gasteiger partial charge on any atom is -0.494 e. The number of benzene rings is 1. The molecule has 0 aromatic heterocycles. The van der Waals surface area contributed by atoms with Crippen LogP contribution in [0.4, 0.5) is 0 Å². The van der Waals surface area contributed by atoms with Gasteiger partial charge in [0, 0.05) is 12.8 Å². The van der Waals surface area contributed by atoms with Crippen molar-refractivity contribution in [2.45, 2.75) is 30.9 Å². The molecule has 0 unspecified atom stereocenters. The summed E-state index contributed by atoms with van der Waals surface area (Å²) in [6.07, 6.45) is 2.38. The van der Waals surface area contributed by atoms with Crippen LogP contribution in [0.25, 0.3) is 0 Å². The van der Waals surface area contributed by atoms with Gasteiger partial charge >= 0.3 is 0 Å². The van der Waals surface area contributed by atoms with Crippen LogP contribution in [0.3, 0.4) is 0 Å². The Kier molecular flexibility index (Phi) is 6.23. The van der Waals surface area contributed by atoms with Crippen molar-refractivity contribution in [2.24, 2.45) is 0 Å². The Bertz CT molecular complexity index is 667. The first-order chi connectivity index (χ1) is 11.4. The highest BCUT2D eigenvalue weighted by Gasteiger charge is 2.48. The molecule has 1 aliphatic heterocycles. The zero-order valence-corrected chi connectivity index (χ0v) is 15.1. The van der Waals surface area contributed by atoms with Gasteiger partial charge in [-0.2, -0.15) is 0 Å². The maximum Gasteiger partial charge on any atom is 0.241 e. The van der Waals surface area contributed by atoms with E-state index in [9.17, 15) is 13.2 Å². The number of nitrogens with one attached hydrogen (secondary N) is 2. The number of piperidine rings is 1. The Morgan fingerprint density at radius 2 is 1.96 bits per heavy atom. The lowest BCUT2D eigenvalue weighted by atomic mass is 9.95. The lowest BCUT2D eigenvalue weighted by Crippen LogP contribution is -2.57. The van der Waals surface area contributed by atoms with Gasteiger partial charge in [0.1, 0.15) is 5.75 Å². The van der Waals surface area contributed by atoms with Crippen LogP contribution in [0.2, 0.25) is 0 Å². The molecule has 0 aliphatic carbocycles. The summed E-state index contributed by atoms with van der Waals surface area (Å²) in [5, 5.41) is 5.93. The number of carbonyl (C=O) groups excluding carboxylic acids is 1. The van der Waals surface area contributed by atoms with Crippen molar-refractivity contribution in [3.63, 3.8) is 0 Å². The average Bonchev–Trinajstić information content (AvgIpc) is 2.56. The molecule has 6 nitrogen and oxygen atoms in total. The summed E-state index contributed by atoms with van der Waals surface area (Å²) in [7, 11) is -3.48. The fraction of sp³-hybridized carbons (Fsp3) is 0.588. The minimum absolute atomic E-state index is 0.313. The monoisotopic (exact) mass is 354 g/mol. The highest BCUT2D eigenvalue weighted by atomic mass is 32.2. The number of hydrogen-bond donors (Lipinski definition) is 2. The van der Waals surface area contributed by atoms with Crippen LogP contribution in [0, 0.1) is 0 Å². The van der Waals surface area contributed by atoms with E-state index in [4.69, 9.17) is 4.74 Å². The molecule has 134 valence electrons. The van der Waals surface area contributed by atoms with E-state index in [0.717, 1.165) is 17.6 Å². The molecular formula is C17H26N2O4S. The van der Waals surface area contributed by atoms with Gasteiger partial charge < -0.3 is 15.4 Å². The standard InChI is InChI=1S/C17H26N2O4S/c1-3-23-15-7-5-4-6-14(15)8-11-19-16(20)17(24(2,21)22)9-12-18-13-10-17/h4-7,18H,3,8-13H2,1-2H3,(H,19,20). The Hall–Kier alpha value is -1.60. The zero-order valence-electron chi connectivity index (χ0n) is 14.3. The largest absolute Gasteiger partial charge is 0.494 e. The van der Waals surface area contributed by atoms with E-state index in [0.29, 0.717) is 45.5 Å². The van der Waals surface area contributed by atoms with Crippen molar-refractivity contribution in [1.29, 1.82) is 0 Å². The molecule has 0 spiro atoms. The number of amides is 1. The molecule has 1 saturated heterocycles. The predicted molar refractivity (Wildman–Crippen MR) is 94.0 cm³/mol. The van der Waals surface area contributed by atoms with E-state index in [-0.39, 0.29) is 5.91 Å². The number of para-hydroxylation sites is 1. The smallest absolute Gasteiger partial charge is 0.241 e. The van der Waals surface area contributed by atoms with Crippen molar-refractivity contribution in [3.05, 3.63) is 29.8 Å². The third kappa shape index (κ3) is 4.08. The Morgan fingerprint density at radius 3 is 2.58 bits per heavy atom. The highest BCUT2D eigenvalue weighted by molar-refractivity contribution is 7.92. The lowest BCUT2D eigenvalue weighted by molar-refractivity contribution is -0.124. The maximum atomic E-state index is 12.6. The molecule has 1 aliphatic rings. The van der Waals surface area contributed by atoms with Crippen molar-refractivity contribution >= 4 is 15.7 Å². The van der Waals surface area contributed by atoms with Gasteiger partial charge in [0.15, 0.2) is 14.6 Å². The first kappa shape index (κ1) is 18.7. The third-order valence-electron chi connectivity index (χ3n) is 4.49. The first-order valence-electron chi connectivity index (χ1n) is 8.30. The van der Waals surface area contributed by atoms with Crippen LogP contribution in [0.5, 0.6) is 5.75 Å². The summed E-state index contributed by atoms with van der Waals surface area (Å²) < 4.78 is 28.7. The molecule has 1 aromatic rings. The molecule has 0 saturated carbocycles. The molecule has 1 amide bonds. The molecule has 2 N–H and O–H groups in total. The van der Waals surface area contributed by atoms with E-state index in [1.807, 2.05) is 31.2 Å².